The molecule has 0 aromatic rings. The highest BCUT2D eigenvalue weighted by Crippen LogP contribution is 2.45. The Morgan fingerprint density at radius 1 is 0.303 bits per heavy atom. The summed E-state index contributed by atoms with van der Waals surface area (Å²) in [5.41, 5.74) is 0. The molecule has 0 bridgehead atoms. The number of phosphoric acid groups is 2. The van der Waals surface area contributed by atoms with Gasteiger partial charge in [-0.05, 0) is 31.6 Å². The molecule has 0 amide bonds. The molecule has 0 aliphatic carbocycles. The molecule has 528 valence electrons. The Kier molecular flexibility index (Phi) is 62.1. The van der Waals surface area contributed by atoms with E-state index in [0.717, 1.165) is 102 Å². The van der Waals surface area contributed by atoms with Crippen molar-refractivity contribution in [1.29, 1.82) is 0 Å². The van der Waals surface area contributed by atoms with Gasteiger partial charge < -0.3 is 33.8 Å². The number of carbonyl (C=O) groups is 4. The molecule has 3 N–H and O–H groups in total. The van der Waals surface area contributed by atoms with Crippen LogP contribution < -0.4 is 0 Å². The molecule has 0 aliphatic heterocycles. The van der Waals surface area contributed by atoms with E-state index in [9.17, 15) is 43.2 Å². The lowest BCUT2D eigenvalue weighted by molar-refractivity contribution is -0.161. The van der Waals surface area contributed by atoms with Crippen molar-refractivity contribution >= 4 is 39.5 Å². The number of carbonyl (C=O) groups excluding carboxylic acids is 4. The summed E-state index contributed by atoms with van der Waals surface area (Å²) in [4.78, 5) is 72.3. The van der Waals surface area contributed by atoms with Gasteiger partial charge in [0, 0.05) is 25.7 Å². The van der Waals surface area contributed by atoms with Crippen LogP contribution in [0.25, 0.3) is 0 Å². The van der Waals surface area contributed by atoms with E-state index in [1.54, 1.807) is 0 Å². The summed E-state index contributed by atoms with van der Waals surface area (Å²) >= 11 is 0. The van der Waals surface area contributed by atoms with Gasteiger partial charge in [-0.2, -0.15) is 0 Å². The van der Waals surface area contributed by atoms with Gasteiger partial charge in [-0.1, -0.05) is 311 Å². The molecule has 89 heavy (non-hydrogen) atoms. The van der Waals surface area contributed by atoms with Gasteiger partial charge in [-0.15, -0.1) is 0 Å². The van der Waals surface area contributed by atoms with Gasteiger partial charge in [0.2, 0.25) is 0 Å². The van der Waals surface area contributed by atoms with Crippen LogP contribution in [0.5, 0.6) is 0 Å². The van der Waals surface area contributed by atoms with Crippen molar-refractivity contribution < 1.29 is 80.2 Å². The Hall–Kier alpha value is -1.94. The molecule has 19 heteroatoms. The third-order valence-corrected chi connectivity index (χ3v) is 18.2. The first kappa shape index (κ1) is 87.1. The van der Waals surface area contributed by atoms with Gasteiger partial charge in [0.1, 0.15) is 19.3 Å². The third kappa shape index (κ3) is 64.6. The smallest absolute Gasteiger partial charge is 0.462 e. The minimum atomic E-state index is -4.95. The highest BCUT2D eigenvalue weighted by molar-refractivity contribution is 7.47. The molecule has 0 saturated carbocycles. The van der Waals surface area contributed by atoms with Crippen molar-refractivity contribution in [3.05, 3.63) is 0 Å². The van der Waals surface area contributed by atoms with Gasteiger partial charge in [-0.25, -0.2) is 9.13 Å². The van der Waals surface area contributed by atoms with Gasteiger partial charge >= 0.3 is 39.5 Å². The Balaban J connectivity index is 5.15. The molecule has 2 unspecified atom stereocenters. The minimum Gasteiger partial charge on any atom is -0.462 e. The Bertz CT molecular complexity index is 1720. The van der Waals surface area contributed by atoms with E-state index in [0.29, 0.717) is 25.7 Å². The van der Waals surface area contributed by atoms with Crippen molar-refractivity contribution in [2.45, 2.75) is 380 Å². The molecular weight excluding hydrogens is 1170 g/mol. The highest BCUT2D eigenvalue weighted by Gasteiger charge is 2.30. The van der Waals surface area contributed by atoms with E-state index in [1.165, 1.54) is 180 Å². The van der Waals surface area contributed by atoms with Gasteiger partial charge in [0.05, 0.1) is 26.4 Å². The van der Waals surface area contributed by atoms with Crippen molar-refractivity contribution in [2.75, 3.05) is 39.6 Å². The first-order valence-corrected chi connectivity index (χ1v) is 39.6. The number of hydrogen-bond donors (Lipinski definition) is 3. The second-order valence-corrected chi connectivity index (χ2v) is 28.7. The highest BCUT2D eigenvalue weighted by atomic mass is 31.2. The van der Waals surface area contributed by atoms with Gasteiger partial charge in [0.15, 0.2) is 12.2 Å². The first-order valence-electron chi connectivity index (χ1n) is 36.6. The zero-order chi connectivity index (χ0) is 65.6. The van der Waals surface area contributed by atoms with Crippen molar-refractivity contribution in [2.24, 2.45) is 5.92 Å². The average Bonchev–Trinajstić information content (AvgIpc) is 3.52. The van der Waals surface area contributed by atoms with E-state index in [1.807, 2.05) is 0 Å². The lowest BCUT2D eigenvalue weighted by Crippen LogP contribution is -2.30. The standard InChI is InChI=1S/C70H136O17P2/c1-6-9-12-15-18-21-22-23-24-25-26-27-28-29-30-31-35-41-46-51-56-70(75)87-66(60-81-68(73)54-49-44-39-36-32-34-37-42-47-52-63(4)5)62-85-89(78,79)83-58-64(71)57-82-88(76,77)84-61-65(59-80-67(72)53-48-43-38-20-17-14-11-8-3)86-69(74)55-50-45-40-33-19-16-13-10-7-2/h63-66,71H,6-62H2,1-5H3,(H,76,77)(H,78,79)/t64-,65+,66+/m0/s1. The Labute approximate surface area is 543 Å². The van der Waals surface area contributed by atoms with Crippen LogP contribution in [0.1, 0.15) is 362 Å². The monoisotopic (exact) mass is 1310 g/mol. The lowest BCUT2D eigenvalue weighted by atomic mass is 10.0. The van der Waals surface area contributed by atoms with Crippen LogP contribution in [0.4, 0.5) is 0 Å². The maximum atomic E-state index is 13.0. The molecule has 0 aromatic heterocycles. The third-order valence-electron chi connectivity index (χ3n) is 16.3. The minimum absolute atomic E-state index is 0.106. The molecule has 0 aromatic carbocycles. The van der Waals surface area contributed by atoms with E-state index >= 15 is 0 Å². The number of hydrogen-bond acceptors (Lipinski definition) is 15. The van der Waals surface area contributed by atoms with E-state index in [-0.39, 0.29) is 25.7 Å². The summed E-state index contributed by atoms with van der Waals surface area (Å²) in [6, 6.07) is 0. The van der Waals surface area contributed by atoms with Crippen LogP contribution in [-0.2, 0) is 65.4 Å². The summed E-state index contributed by atoms with van der Waals surface area (Å²) in [7, 11) is -9.89. The molecule has 0 heterocycles. The first-order chi connectivity index (χ1) is 43.0. The average molecular weight is 1310 g/mol. The van der Waals surface area contributed by atoms with E-state index in [2.05, 4.69) is 34.6 Å². The normalized spacial score (nSPS) is 14.1. The lowest BCUT2D eigenvalue weighted by Gasteiger charge is -2.21. The maximum Gasteiger partial charge on any atom is 0.472 e. The summed E-state index contributed by atoms with van der Waals surface area (Å²) in [5, 5.41) is 10.6. The predicted octanol–water partition coefficient (Wildman–Crippen LogP) is 20.1. The molecule has 0 radical (unpaired) electrons. The summed E-state index contributed by atoms with van der Waals surface area (Å²) in [5.74, 6) is -1.38. The number of ether oxygens (including phenoxy) is 4. The Morgan fingerprint density at radius 2 is 0.517 bits per heavy atom. The number of rotatable bonds is 70. The molecule has 5 atom stereocenters. The molecule has 0 saturated heterocycles. The number of esters is 4. The van der Waals surface area contributed by atoms with E-state index < -0.39 is 97.5 Å². The second kappa shape index (κ2) is 63.5. The van der Waals surface area contributed by atoms with Crippen LogP contribution in [0.15, 0.2) is 0 Å². The molecule has 0 spiro atoms. The van der Waals surface area contributed by atoms with Crippen molar-refractivity contribution in [3.63, 3.8) is 0 Å². The van der Waals surface area contributed by atoms with Crippen molar-refractivity contribution in [3.8, 4) is 0 Å². The van der Waals surface area contributed by atoms with Gasteiger partial charge in [0.25, 0.3) is 0 Å². The van der Waals surface area contributed by atoms with Crippen molar-refractivity contribution in [1.82, 2.24) is 0 Å². The van der Waals surface area contributed by atoms with Crippen LogP contribution in [0.3, 0.4) is 0 Å². The fraction of sp³-hybridized carbons (Fsp3) is 0.943. The molecule has 17 nitrogen and oxygen atoms in total. The van der Waals surface area contributed by atoms with Crippen LogP contribution >= 0.6 is 15.6 Å². The number of phosphoric ester groups is 2. The topological polar surface area (TPSA) is 237 Å². The Morgan fingerprint density at radius 3 is 0.764 bits per heavy atom. The second-order valence-electron chi connectivity index (χ2n) is 25.7. The quantitative estimate of drug-likeness (QED) is 0.0222. The van der Waals surface area contributed by atoms with E-state index in [4.69, 9.17) is 37.0 Å². The number of aliphatic hydroxyl groups is 1. The molecule has 0 rings (SSSR count). The fourth-order valence-electron chi connectivity index (χ4n) is 10.6. The van der Waals surface area contributed by atoms with Crippen LogP contribution in [0, 0.1) is 5.92 Å². The largest absolute Gasteiger partial charge is 0.472 e. The van der Waals surface area contributed by atoms with Crippen LogP contribution in [-0.4, -0.2) is 96.7 Å². The number of aliphatic hydroxyl groups excluding tert-OH is 1. The SMILES string of the molecule is CCCCCCCCCCCCCCCCCCCCCCC(=O)O[C@H](COC(=O)CCCCCCCCCCCC(C)C)COP(=O)(O)OC[C@@H](O)COP(=O)(O)OC[C@@H](COC(=O)CCCCCCCCCC)OC(=O)CCCCCCCCCCC. The van der Waals surface area contributed by atoms with Crippen LogP contribution in [0.2, 0.25) is 0 Å². The summed E-state index contributed by atoms with van der Waals surface area (Å²) in [6.07, 6.45) is 50.2. The molecular formula is C70H136O17P2. The summed E-state index contributed by atoms with van der Waals surface area (Å²) < 4.78 is 68.1. The number of unbranched alkanes of at least 4 members (excludes halogenated alkanes) is 42. The fourth-order valence-corrected chi connectivity index (χ4v) is 12.2. The maximum absolute atomic E-state index is 13.0. The van der Waals surface area contributed by atoms with Gasteiger partial charge in [-0.3, -0.25) is 37.3 Å². The zero-order valence-corrected chi connectivity index (χ0v) is 59.4. The predicted molar refractivity (Wildman–Crippen MR) is 358 cm³/mol. The molecule has 0 fully saturated rings. The summed E-state index contributed by atoms with van der Waals surface area (Å²) in [6.45, 7) is 7.18. The zero-order valence-electron chi connectivity index (χ0n) is 57.6. The molecule has 0 aliphatic rings.